The van der Waals surface area contributed by atoms with Gasteiger partial charge in [-0.2, -0.15) is 0 Å². The summed E-state index contributed by atoms with van der Waals surface area (Å²) in [6.07, 6.45) is 7.27. The van der Waals surface area contributed by atoms with Gasteiger partial charge in [-0.05, 0) is 43.9 Å². The molecule has 0 N–H and O–H groups in total. The van der Waals surface area contributed by atoms with E-state index in [0.29, 0.717) is 0 Å². The Morgan fingerprint density at radius 2 is 2.11 bits per heavy atom. The van der Waals surface area contributed by atoms with Gasteiger partial charge in [0.25, 0.3) is 0 Å². The van der Waals surface area contributed by atoms with Crippen LogP contribution in [0, 0.1) is 32.1 Å². The molecule has 0 amide bonds. The Bertz CT molecular complexity index is 457. The third-order valence-electron chi connectivity index (χ3n) is 3.03. The van der Waals surface area contributed by atoms with E-state index in [9.17, 15) is 0 Å². The van der Waals surface area contributed by atoms with E-state index in [1.807, 2.05) is 26.8 Å². The smallest absolute Gasteiger partial charge is 0.125 e. The zero-order chi connectivity index (χ0) is 13.7. The number of terminal acetylenes is 1. The number of benzene rings is 1. The van der Waals surface area contributed by atoms with Crippen molar-refractivity contribution in [3.05, 3.63) is 27.8 Å². The molecule has 0 radical (unpaired) electrons. The van der Waals surface area contributed by atoms with E-state index in [1.54, 1.807) is 0 Å². The number of ether oxygens (including phenoxy) is 1. The molecule has 1 rings (SSSR count). The summed E-state index contributed by atoms with van der Waals surface area (Å²) in [5.74, 6) is 3.91. The Balaban J connectivity index is 3.20. The summed E-state index contributed by atoms with van der Waals surface area (Å²) in [6, 6.07) is 1.96. The fourth-order valence-electron chi connectivity index (χ4n) is 1.93. The molecule has 1 aromatic rings. The van der Waals surface area contributed by atoms with Gasteiger partial charge in [-0.15, -0.1) is 12.3 Å². The Kier molecular flexibility index (Phi) is 5.56. The summed E-state index contributed by atoms with van der Waals surface area (Å²) in [7, 11) is 0. The zero-order valence-electron chi connectivity index (χ0n) is 11.6. The van der Waals surface area contributed by atoms with E-state index in [0.717, 1.165) is 46.9 Å². The van der Waals surface area contributed by atoms with Crippen LogP contribution in [0.3, 0.4) is 0 Å². The van der Waals surface area contributed by atoms with Gasteiger partial charge in [0.05, 0.1) is 6.61 Å². The third kappa shape index (κ3) is 3.43. The minimum atomic E-state index is 0.186. The minimum absolute atomic E-state index is 0.186. The summed E-state index contributed by atoms with van der Waals surface area (Å²) < 4.78 is 5.87. The zero-order valence-corrected chi connectivity index (χ0v) is 12.4. The molecule has 0 aliphatic heterocycles. The van der Waals surface area contributed by atoms with Crippen molar-refractivity contribution >= 4 is 11.6 Å². The molecule has 1 unspecified atom stereocenters. The number of aryl methyl sites for hydroxylation is 1. The van der Waals surface area contributed by atoms with Crippen LogP contribution in [-0.4, -0.2) is 6.61 Å². The molecule has 0 saturated heterocycles. The summed E-state index contributed by atoms with van der Waals surface area (Å²) in [5.41, 5.74) is 3.31. The van der Waals surface area contributed by atoms with Crippen molar-refractivity contribution in [2.45, 2.75) is 40.5 Å². The number of hydrogen-bond donors (Lipinski definition) is 0. The molecule has 0 saturated carbocycles. The molecule has 1 nitrogen and oxygen atoms in total. The first-order valence-corrected chi connectivity index (χ1v) is 6.76. The van der Waals surface area contributed by atoms with Crippen LogP contribution in [-0.2, 0) is 6.42 Å². The summed E-state index contributed by atoms with van der Waals surface area (Å²) in [6.45, 7) is 8.92. The Hall–Kier alpha value is -1.13. The van der Waals surface area contributed by atoms with Crippen LogP contribution in [0.4, 0.5) is 0 Å². The number of halogens is 1. The van der Waals surface area contributed by atoms with Gasteiger partial charge in [0.2, 0.25) is 0 Å². The van der Waals surface area contributed by atoms with Crippen molar-refractivity contribution < 1.29 is 4.74 Å². The van der Waals surface area contributed by atoms with Crippen LogP contribution in [0.5, 0.6) is 5.75 Å². The van der Waals surface area contributed by atoms with E-state index in [-0.39, 0.29) is 5.92 Å². The van der Waals surface area contributed by atoms with Crippen LogP contribution in [0.25, 0.3) is 0 Å². The maximum Gasteiger partial charge on any atom is 0.125 e. The van der Waals surface area contributed by atoms with Crippen molar-refractivity contribution in [3.63, 3.8) is 0 Å². The normalized spacial score (nSPS) is 12.0. The van der Waals surface area contributed by atoms with Gasteiger partial charge in [0.15, 0.2) is 0 Å². The van der Waals surface area contributed by atoms with Crippen LogP contribution in [0.2, 0.25) is 5.02 Å². The molecule has 0 spiro atoms. The standard InChI is InChI=1S/C16H21ClO/c1-6-8-18-16-12(4)10-15(17)13(5)14(16)9-11(3)7-2/h2,10-11H,6,8-9H2,1,3-5H3. The SMILES string of the molecule is C#CC(C)Cc1c(C)c(Cl)cc(C)c1OCCC. The van der Waals surface area contributed by atoms with Gasteiger partial charge in [0, 0.05) is 16.5 Å². The lowest BCUT2D eigenvalue weighted by Gasteiger charge is -2.18. The monoisotopic (exact) mass is 264 g/mol. The lowest BCUT2D eigenvalue weighted by atomic mass is 9.95. The highest BCUT2D eigenvalue weighted by Gasteiger charge is 2.15. The maximum absolute atomic E-state index is 6.24. The van der Waals surface area contributed by atoms with Gasteiger partial charge in [-0.25, -0.2) is 0 Å². The largest absolute Gasteiger partial charge is 0.493 e. The second-order valence-corrected chi connectivity index (χ2v) is 5.14. The molecule has 18 heavy (non-hydrogen) atoms. The average Bonchev–Trinajstić information content (AvgIpc) is 2.34. The molecule has 0 bridgehead atoms. The Labute approximate surface area is 115 Å². The molecule has 2 heteroatoms. The molecule has 0 fully saturated rings. The lowest BCUT2D eigenvalue weighted by Crippen LogP contribution is -2.06. The summed E-state index contributed by atoms with van der Waals surface area (Å²) in [4.78, 5) is 0. The van der Waals surface area contributed by atoms with Crippen molar-refractivity contribution in [1.29, 1.82) is 0 Å². The molecule has 1 aromatic carbocycles. The first kappa shape index (κ1) is 14.9. The molecular formula is C16H21ClO. The quantitative estimate of drug-likeness (QED) is 0.709. The Morgan fingerprint density at radius 1 is 1.44 bits per heavy atom. The molecule has 0 aliphatic rings. The number of rotatable bonds is 5. The van der Waals surface area contributed by atoms with Gasteiger partial charge in [-0.3, -0.25) is 0 Å². The lowest BCUT2D eigenvalue weighted by molar-refractivity contribution is 0.311. The predicted octanol–water partition coefficient (Wildman–Crippen LogP) is 4.56. The number of hydrogen-bond acceptors (Lipinski definition) is 1. The van der Waals surface area contributed by atoms with Crippen LogP contribution >= 0.6 is 11.6 Å². The molecular weight excluding hydrogens is 244 g/mol. The second-order valence-electron chi connectivity index (χ2n) is 4.73. The van der Waals surface area contributed by atoms with E-state index < -0.39 is 0 Å². The average molecular weight is 265 g/mol. The maximum atomic E-state index is 6.24. The van der Waals surface area contributed by atoms with E-state index in [4.69, 9.17) is 22.8 Å². The van der Waals surface area contributed by atoms with E-state index in [2.05, 4.69) is 12.8 Å². The predicted molar refractivity (Wildman–Crippen MR) is 78.4 cm³/mol. The fourth-order valence-corrected chi connectivity index (χ4v) is 2.21. The van der Waals surface area contributed by atoms with Gasteiger partial charge < -0.3 is 4.74 Å². The summed E-state index contributed by atoms with van der Waals surface area (Å²) in [5, 5.41) is 0.788. The highest BCUT2D eigenvalue weighted by atomic mass is 35.5. The van der Waals surface area contributed by atoms with Gasteiger partial charge >= 0.3 is 0 Å². The highest BCUT2D eigenvalue weighted by molar-refractivity contribution is 6.31. The van der Waals surface area contributed by atoms with Crippen LogP contribution < -0.4 is 4.74 Å². The Morgan fingerprint density at radius 3 is 2.67 bits per heavy atom. The first-order chi connectivity index (χ1) is 8.51. The fraction of sp³-hybridized carbons (Fsp3) is 0.500. The summed E-state index contributed by atoms with van der Waals surface area (Å²) >= 11 is 6.24. The third-order valence-corrected chi connectivity index (χ3v) is 3.42. The van der Waals surface area contributed by atoms with Crippen molar-refractivity contribution in [1.82, 2.24) is 0 Å². The topological polar surface area (TPSA) is 9.23 Å². The first-order valence-electron chi connectivity index (χ1n) is 6.38. The van der Waals surface area contributed by atoms with E-state index >= 15 is 0 Å². The van der Waals surface area contributed by atoms with Crippen LogP contribution in [0.1, 0.15) is 37.0 Å². The van der Waals surface area contributed by atoms with E-state index in [1.165, 1.54) is 0 Å². The van der Waals surface area contributed by atoms with Crippen molar-refractivity contribution in [3.8, 4) is 18.1 Å². The van der Waals surface area contributed by atoms with Crippen LogP contribution in [0.15, 0.2) is 6.07 Å². The van der Waals surface area contributed by atoms with Crippen molar-refractivity contribution in [2.24, 2.45) is 5.92 Å². The minimum Gasteiger partial charge on any atom is -0.493 e. The van der Waals surface area contributed by atoms with Gasteiger partial charge in [0.1, 0.15) is 5.75 Å². The highest BCUT2D eigenvalue weighted by Crippen LogP contribution is 2.34. The van der Waals surface area contributed by atoms with Gasteiger partial charge in [-0.1, -0.05) is 25.4 Å². The molecule has 0 heterocycles. The molecule has 98 valence electrons. The second kappa shape index (κ2) is 6.71. The molecule has 1 atom stereocenters. The molecule has 0 aromatic heterocycles. The van der Waals surface area contributed by atoms with Crippen molar-refractivity contribution in [2.75, 3.05) is 6.61 Å². The molecule has 0 aliphatic carbocycles.